The minimum atomic E-state index is -0.0735. The van der Waals surface area contributed by atoms with Crippen molar-refractivity contribution in [2.24, 2.45) is 11.8 Å². The Kier molecular flexibility index (Phi) is 6.41. The number of nitrogens with one attached hydrogen (secondary N) is 2. The van der Waals surface area contributed by atoms with Gasteiger partial charge < -0.3 is 20.4 Å². The molecule has 2 aliphatic rings. The number of para-hydroxylation sites is 2. The number of urea groups is 1. The highest BCUT2D eigenvalue weighted by Gasteiger charge is 2.28. The van der Waals surface area contributed by atoms with Gasteiger partial charge in [0.05, 0.1) is 11.4 Å². The molecule has 144 valence electrons. The quantitative estimate of drug-likeness (QED) is 0.861. The molecule has 0 aromatic heterocycles. The molecule has 0 spiro atoms. The summed E-state index contributed by atoms with van der Waals surface area (Å²) < 4.78 is 0. The number of anilines is 2. The second-order valence-electron chi connectivity index (χ2n) is 7.91. The summed E-state index contributed by atoms with van der Waals surface area (Å²) in [4.78, 5) is 17.5. The first-order valence-corrected chi connectivity index (χ1v) is 10.2. The Labute approximate surface area is 158 Å². The highest BCUT2D eigenvalue weighted by molar-refractivity contribution is 5.93. The van der Waals surface area contributed by atoms with Crippen LogP contribution in [-0.4, -0.2) is 49.7 Å². The van der Waals surface area contributed by atoms with Gasteiger partial charge in [0.25, 0.3) is 0 Å². The van der Waals surface area contributed by atoms with Crippen molar-refractivity contribution in [2.45, 2.75) is 46.1 Å². The minimum Gasteiger partial charge on any atom is -0.367 e. The normalized spacial score (nSPS) is 27.2. The Bertz CT molecular complexity index is 597. The molecule has 3 rings (SSSR count). The maximum Gasteiger partial charge on any atom is 0.319 e. The first kappa shape index (κ1) is 19.0. The number of nitrogens with zero attached hydrogens (tertiary/aromatic N) is 2. The van der Waals surface area contributed by atoms with Crippen LogP contribution < -0.4 is 15.5 Å². The molecule has 26 heavy (non-hydrogen) atoms. The number of benzene rings is 1. The maximum atomic E-state index is 12.6. The predicted octanol–water partition coefficient (Wildman–Crippen LogP) is 3.77. The molecule has 1 aliphatic carbocycles. The summed E-state index contributed by atoms with van der Waals surface area (Å²) >= 11 is 0. The van der Waals surface area contributed by atoms with Crippen molar-refractivity contribution in [2.75, 3.05) is 42.9 Å². The van der Waals surface area contributed by atoms with Crippen LogP contribution in [-0.2, 0) is 0 Å². The molecule has 1 aromatic carbocycles. The van der Waals surface area contributed by atoms with Crippen molar-refractivity contribution in [1.29, 1.82) is 0 Å². The van der Waals surface area contributed by atoms with Crippen molar-refractivity contribution in [3.05, 3.63) is 24.3 Å². The lowest BCUT2D eigenvalue weighted by molar-refractivity contribution is 0.201. The summed E-state index contributed by atoms with van der Waals surface area (Å²) in [6.45, 7) is 12.0. The molecule has 1 saturated carbocycles. The van der Waals surface area contributed by atoms with Gasteiger partial charge in [-0.3, -0.25) is 0 Å². The van der Waals surface area contributed by atoms with E-state index in [2.05, 4.69) is 53.3 Å². The number of carbonyl (C=O) groups is 1. The molecule has 0 radical (unpaired) electrons. The lowest BCUT2D eigenvalue weighted by atomic mass is 9.78. The van der Waals surface area contributed by atoms with E-state index >= 15 is 0 Å². The van der Waals surface area contributed by atoms with Gasteiger partial charge in [-0.05, 0) is 36.9 Å². The molecular formula is C21H34N4O. The van der Waals surface area contributed by atoms with Gasteiger partial charge in [-0.1, -0.05) is 45.7 Å². The molecule has 0 unspecified atom stereocenters. The lowest BCUT2D eigenvalue weighted by Crippen LogP contribution is -2.47. The van der Waals surface area contributed by atoms with E-state index in [0.29, 0.717) is 11.8 Å². The molecule has 2 N–H and O–H groups in total. The fourth-order valence-corrected chi connectivity index (χ4v) is 4.27. The van der Waals surface area contributed by atoms with Gasteiger partial charge in [-0.15, -0.1) is 0 Å². The van der Waals surface area contributed by atoms with Gasteiger partial charge in [-0.25, -0.2) is 4.79 Å². The molecule has 5 heteroatoms. The first-order chi connectivity index (χ1) is 12.6. The van der Waals surface area contributed by atoms with Crippen LogP contribution in [0.1, 0.15) is 40.0 Å². The average molecular weight is 359 g/mol. The number of piperazine rings is 1. The van der Waals surface area contributed by atoms with E-state index < -0.39 is 0 Å². The van der Waals surface area contributed by atoms with E-state index in [1.165, 1.54) is 12.8 Å². The molecule has 1 aromatic rings. The highest BCUT2D eigenvalue weighted by Crippen LogP contribution is 2.30. The smallest absolute Gasteiger partial charge is 0.319 e. The Balaban J connectivity index is 1.62. The zero-order valence-corrected chi connectivity index (χ0v) is 16.5. The van der Waals surface area contributed by atoms with Crippen LogP contribution in [0.25, 0.3) is 0 Å². The van der Waals surface area contributed by atoms with Gasteiger partial charge >= 0.3 is 6.03 Å². The standard InChI is InChI=1S/C21H34N4O/c1-4-24-12-14-25(15-13-24)20-11-6-5-9-19(20)23-21(26)22-18-10-7-8-16(2)17(18)3/h5-6,9,11,16-18H,4,7-8,10,12-15H2,1-3H3,(H2,22,23,26)/t16-,17+,18-/m1/s1. The van der Waals surface area contributed by atoms with Gasteiger partial charge in [0, 0.05) is 32.2 Å². The van der Waals surface area contributed by atoms with Crippen LogP contribution in [0.4, 0.5) is 16.2 Å². The Morgan fingerprint density at radius 3 is 2.58 bits per heavy atom. The van der Waals surface area contributed by atoms with Gasteiger partial charge in [-0.2, -0.15) is 0 Å². The molecular weight excluding hydrogens is 324 g/mol. The fraction of sp³-hybridized carbons (Fsp3) is 0.667. The summed E-state index contributed by atoms with van der Waals surface area (Å²) in [5.74, 6) is 1.21. The van der Waals surface area contributed by atoms with Crippen LogP contribution in [0.2, 0.25) is 0 Å². The SMILES string of the molecule is CCN1CCN(c2ccccc2NC(=O)N[C@@H]2CCC[C@@H](C)[C@@H]2C)CC1. The van der Waals surface area contributed by atoms with E-state index in [4.69, 9.17) is 0 Å². The number of hydrogen-bond donors (Lipinski definition) is 2. The van der Waals surface area contributed by atoms with E-state index in [1.54, 1.807) is 0 Å². The minimum absolute atomic E-state index is 0.0735. The zero-order chi connectivity index (χ0) is 18.5. The molecule has 2 fully saturated rings. The van der Waals surface area contributed by atoms with Crippen LogP contribution in [0.3, 0.4) is 0 Å². The Hall–Kier alpha value is -1.75. The Morgan fingerprint density at radius 1 is 1.12 bits per heavy atom. The molecule has 0 bridgehead atoms. The Morgan fingerprint density at radius 2 is 1.85 bits per heavy atom. The predicted molar refractivity (Wildman–Crippen MR) is 109 cm³/mol. The number of amides is 2. The second kappa shape index (κ2) is 8.76. The molecule has 2 amide bonds. The van der Waals surface area contributed by atoms with E-state index in [0.717, 1.165) is 50.5 Å². The van der Waals surface area contributed by atoms with Crippen LogP contribution in [0.15, 0.2) is 24.3 Å². The van der Waals surface area contributed by atoms with Crippen LogP contribution >= 0.6 is 0 Å². The fourth-order valence-electron chi connectivity index (χ4n) is 4.27. The van der Waals surface area contributed by atoms with E-state index in [9.17, 15) is 4.79 Å². The summed E-state index contributed by atoms with van der Waals surface area (Å²) in [6.07, 6.45) is 3.56. The summed E-state index contributed by atoms with van der Waals surface area (Å²) in [7, 11) is 0. The number of likely N-dealkylation sites (N-methyl/N-ethyl adjacent to an activating group) is 1. The third-order valence-corrected chi connectivity index (χ3v) is 6.34. The van der Waals surface area contributed by atoms with Gasteiger partial charge in [0.2, 0.25) is 0 Å². The van der Waals surface area contributed by atoms with Crippen molar-refractivity contribution in [3.8, 4) is 0 Å². The van der Waals surface area contributed by atoms with Crippen molar-refractivity contribution in [1.82, 2.24) is 10.2 Å². The zero-order valence-electron chi connectivity index (χ0n) is 16.5. The van der Waals surface area contributed by atoms with E-state index in [-0.39, 0.29) is 12.1 Å². The first-order valence-electron chi connectivity index (χ1n) is 10.2. The molecule has 1 saturated heterocycles. The molecule has 1 aliphatic heterocycles. The average Bonchev–Trinajstić information content (AvgIpc) is 2.66. The van der Waals surface area contributed by atoms with Crippen molar-refractivity contribution in [3.63, 3.8) is 0 Å². The van der Waals surface area contributed by atoms with Gasteiger partial charge in [0.15, 0.2) is 0 Å². The molecule has 3 atom stereocenters. The van der Waals surface area contributed by atoms with Gasteiger partial charge in [0.1, 0.15) is 0 Å². The lowest BCUT2D eigenvalue weighted by Gasteiger charge is -2.37. The second-order valence-corrected chi connectivity index (χ2v) is 7.91. The highest BCUT2D eigenvalue weighted by atomic mass is 16.2. The van der Waals surface area contributed by atoms with E-state index in [1.807, 2.05) is 12.1 Å². The number of hydrogen-bond acceptors (Lipinski definition) is 3. The summed E-state index contributed by atoms with van der Waals surface area (Å²) in [5, 5.41) is 6.33. The monoisotopic (exact) mass is 358 g/mol. The van der Waals surface area contributed by atoms with Crippen LogP contribution in [0.5, 0.6) is 0 Å². The maximum absolute atomic E-state index is 12.6. The van der Waals surface area contributed by atoms with Crippen molar-refractivity contribution >= 4 is 17.4 Å². The summed E-state index contributed by atoms with van der Waals surface area (Å²) in [5.41, 5.74) is 2.04. The third kappa shape index (κ3) is 4.50. The van der Waals surface area contributed by atoms with Crippen LogP contribution in [0, 0.1) is 11.8 Å². The third-order valence-electron chi connectivity index (χ3n) is 6.34. The number of carbonyl (C=O) groups excluding carboxylic acids is 1. The topological polar surface area (TPSA) is 47.6 Å². The largest absolute Gasteiger partial charge is 0.367 e. The molecule has 1 heterocycles. The number of rotatable bonds is 4. The summed E-state index contributed by atoms with van der Waals surface area (Å²) in [6, 6.07) is 8.37. The van der Waals surface area contributed by atoms with Crippen molar-refractivity contribution < 1.29 is 4.79 Å². The molecule has 5 nitrogen and oxygen atoms in total.